The van der Waals surface area contributed by atoms with Crippen molar-refractivity contribution < 1.29 is 0 Å². The van der Waals surface area contributed by atoms with Gasteiger partial charge in [-0.3, -0.25) is 9.58 Å². The first kappa shape index (κ1) is 12.3. The summed E-state index contributed by atoms with van der Waals surface area (Å²) < 4.78 is 1.97. The molecule has 0 amide bonds. The van der Waals surface area contributed by atoms with E-state index in [0.717, 1.165) is 38.4 Å². The standard InChI is InChI=1S/C14H19N5/c1-3-19-9-12(6-16-19)8-18-5-4-14-13(10-18)7-15-11(2)17-14/h6-7,9H,3-5,8,10H2,1-2H3. The first-order valence-corrected chi connectivity index (χ1v) is 6.79. The van der Waals surface area contributed by atoms with Gasteiger partial charge in [0.15, 0.2) is 0 Å². The predicted octanol–water partition coefficient (Wildman–Crippen LogP) is 1.56. The van der Waals surface area contributed by atoms with Gasteiger partial charge < -0.3 is 0 Å². The van der Waals surface area contributed by atoms with Gasteiger partial charge in [0.2, 0.25) is 0 Å². The van der Waals surface area contributed by atoms with Crippen LogP contribution in [0.3, 0.4) is 0 Å². The van der Waals surface area contributed by atoms with Gasteiger partial charge in [-0.25, -0.2) is 9.97 Å². The fraction of sp³-hybridized carbons (Fsp3) is 0.500. The van der Waals surface area contributed by atoms with Crippen LogP contribution in [-0.4, -0.2) is 31.2 Å². The van der Waals surface area contributed by atoms with Crippen LogP contribution in [0.15, 0.2) is 18.6 Å². The lowest BCUT2D eigenvalue weighted by molar-refractivity contribution is 0.242. The fourth-order valence-corrected chi connectivity index (χ4v) is 2.53. The van der Waals surface area contributed by atoms with Crippen molar-refractivity contribution in [3.63, 3.8) is 0 Å². The molecule has 0 radical (unpaired) electrons. The van der Waals surface area contributed by atoms with Crippen molar-refractivity contribution >= 4 is 0 Å². The second kappa shape index (κ2) is 5.09. The molecule has 2 aromatic heterocycles. The Morgan fingerprint density at radius 2 is 2.21 bits per heavy atom. The molecule has 5 nitrogen and oxygen atoms in total. The average Bonchev–Trinajstić information content (AvgIpc) is 2.86. The van der Waals surface area contributed by atoms with Gasteiger partial charge in [0.1, 0.15) is 5.82 Å². The third-order valence-corrected chi connectivity index (χ3v) is 3.55. The minimum atomic E-state index is 0.872. The third-order valence-electron chi connectivity index (χ3n) is 3.55. The van der Waals surface area contributed by atoms with Crippen LogP contribution in [0.5, 0.6) is 0 Å². The molecule has 5 heteroatoms. The van der Waals surface area contributed by atoms with E-state index in [1.807, 2.05) is 24.0 Å². The van der Waals surface area contributed by atoms with Gasteiger partial charge in [-0.15, -0.1) is 0 Å². The predicted molar refractivity (Wildman–Crippen MR) is 72.5 cm³/mol. The summed E-state index contributed by atoms with van der Waals surface area (Å²) in [4.78, 5) is 11.2. The molecule has 0 aromatic carbocycles. The van der Waals surface area contributed by atoms with Crippen molar-refractivity contribution in [3.8, 4) is 0 Å². The van der Waals surface area contributed by atoms with E-state index in [-0.39, 0.29) is 0 Å². The summed E-state index contributed by atoms with van der Waals surface area (Å²) in [5, 5.41) is 4.32. The second-order valence-corrected chi connectivity index (χ2v) is 5.05. The smallest absolute Gasteiger partial charge is 0.125 e. The first-order chi connectivity index (χ1) is 9.24. The van der Waals surface area contributed by atoms with Crippen molar-refractivity contribution in [1.82, 2.24) is 24.6 Å². The van der Waals surface area contributed by atoms with Crippen molar-refractivity contribution in [2.75, 3.05) is 6.54 Å². The van der Waals surface area contributed by atoms with Crippen LogP contribution in [0.4, 0.5) is 0 Å². The van der Waals surface area contributed by atoms with E-state index in [0.29, 0.717) is 0 Å². The molecule has 0 fully saturated rings. The Kier molecular flexibility index (Phi) is 3.29. The van der Waals surface area contributed by atoms with Crippen molar-refractivity contribution in [1.29, 1.82) is 0 Å². The first-order valence-electron chi connectivity index (χ1n) is 6.79. The van der Waals surface area contributed by atoms with Gasteiger partial charge in [0, 0.05) is 61.8 Å². The van der Waals surface area contributed by atoms with E-state index in [9.17, 15) is 0 Å². The van der Waals surface area contributed by atoms with Crippen molar-refractivity contribution in [3.05, 3.63) is 41.2 Å². The van der Waals surface area contributed by atoms with Crippen LogP contribution in [0.1, 0.15) is 29.6 Å². The van der Waals surface area contributed by atoms with Gasteiger partial charge >= 0.3 is 0 Å². The minimum absolute atomic E-state index is 0.872. The van der Waals surface area contributed by atoms with Crippen LogP contribution in [0, 0.1) is 6.92 Å². The van der Waals surface area contributed by atoms with Crippen LogP contribution in [-0.2, 0) is 26.1 Å². The molecule has 3 rings (SSSR count). The highest BCUT2D eigenvalue weighted by Crippen LogP contribution is 2.18. The zero-order valence-corrected chi connectivity index (χ0v) is 11.5. The fourth-order valence-electron chi connectivity index (χ4n) is 2.53. The van der Waals surface area contributed by atoms with Gasteiger partial charge in [-0.05, 0) is 13.8 Å². The van der Waals surface area contributed by atoms with Crippen LogP contribution < -0.4 is 0 Å². The Hall–Kier alpha value is -1.75. The molecule has 1 aliphatic heterocycles. The summed E-state index contributed by atoms with van der Waals surface area (Å²) in [6.07, 6.45) is 7.08. The molecule has 0 N–H and O–H groups in total. The number of aromatic nitrogens is 4. The largest absolute Gasteiger partial charge is 0.294 e. The zero-order valence-electron chi connectivity index (χ0n) is 11.5. The molecule has 0 saturated carbocycles. The number of rotatable bonds is 3. The van der Waals surface area contributed by atoms with Gasteiger partial charge in [-0.2, -0.15) is 5.10 Å². The normalized spacial score (nSPS) is 15.5. The Balaban J connectivity index is 1.70. The van der Waals surface area contributed by atoms with E-state index in [2.05, 4.69) is 33.1 Å². The maximum absolute atomic E-state index is 4.52. The number of fused-ring (bicyclic) bond motifs is 1. The SMILES string of the molecule is CCn1cc(CN2CCc3nc(C)ncc3C2)cn1. The Morgan fingerprint density at radius 1 is 1.32 bits per heavy atom. The van der Waals surface area contributed by atoms with Crippen LogP contribution in [0.25, 0.3) is 0 Å². The second-order valence-electron chi connectivity index (χ2n) is 5.05. The Bertz CT molecular complexity index is 575. The molecule has 2 aromatic rings. The quantitative estimate of drug-likeness (QED) is 0.837. The van der Waals surface area contributed by atoms with Crippen molar-refractivity contribution in [2.45, 2.75) is 39.9 Å². The van der Waals surface area contributed by atoms with E-state index in [4.69, 9.17) is 0 Å². The summed E-state index contributed by atoms with van der Waals surface area (Å²) in [5.41, 5.74) is 3.76. The average molecular weight is 257 g/mol. The summed E-state index contributed by atoms with van der Waals surface area (Å²) >= 11 is 0. The molecule has 0 unspecified atom stereocenters. The van der Waals surface area contributed by atoms with Crippen molar-refractivity contribution in [2.24, 2.45) is 0 Å². The highest BCUT2D eigenvalue weighted by Gasteiger charge is 2.18. The molecule has 100 valence electrons. The third kappa shape index (κ3) is 2.66. The highest BCUT2D eigenvalue weighted by molar-refractivity contribution is 5.20. The number of hydrogen-bond acceptors (Lipinski definition) is 4. The van der Waals surface area contributed by atoms with Crippen LogP contribution >= 0.6 is 0 Å². The van der Waals surface area contributed by atoms with E-state index < -0.39 is 0 Å². The lowest BCUT2D eigenvalue weighted by Crippen LogP contribution is -2.30. The maximum Gasteiger partial charge on any atom is 0.125 e. The molecule has 0 aliphatic carbocycles. The van der Waals surface area contributed by atoms with Crippen LogP contribution in [0.2, 0.25) is 0 Å². The number of aryl methyl sites for hydroxylation is 2. The minimum Gasteiger partial charge on any atom is -0.294 e. The summed E-state index contributed by atoms with van der Waals surface area (Å²) in [6, 6.07) is 0. The summed E-state index contributed by atoms with van der Waals surface area (Å²) in [7, 11) is 0. The maximum atomic E-state index is 4.52. The van der Waals surface area contributed by atoms with Gasteiger partial charge in [0.05, 0.1) is 6.20 Å². The van der Waals surface area contributed by atoms with E-state index in [1.165, 1.54) is 16.8 Å². The Morgan fingerprint density at radius 3 is 3.00 bits per heavy atom. The lowest BCUT2D eigenvalue weighted by Gasteiger charge is -2.27. The molecular weight excluding hydrogens is 238 g/mol. The molecule has 0 saturated heterocycles. The van der Waals surface area contributed by atoms with Gasteiger partial charge in [0.25, 0.3) is 0 Å². The lowest BCUT2D eigenvalue weighted by atomic mass is 10.1. The molecule has 3 heterocycles. The van der Waals surface area contributed by atoms with Gasteiger partial charge in [-0.1, -0.05) is 0 Å². The number of hydrogen-bond donors (Lipinski definition) is 0. The molecule has 1 aliphatic rings. The monoisotopic (exact) mass is 257 g/mol. The molecular formula is C14H19N5. The molecule has 0 spiro atoms. The Labute approximate surface area is 113 Å². The zero-order chi connectivity index (χ0) is 13.2. The van der Waals surface area contributed by atoms with E-state index in [1.54, 1.807) is 0 Å². The number of nitrogens with zero attached hydrogens (tertiary/aromatic N) is 5. The highest BCUT2D eigenvalue weighted by atomic mass is 15.3. The molecule has 0 bridgehead atoms. The topological polar surface area (TPSA) is 46.8 Å². The molecule has 0 atom stereocenters. The molecule has 19 heavy (non-hydrogen) atoms. The van der Waals surface area contributed by atoms with E-state index >= 15 is 0 Å². The summed E-state index contributed by atoms with van der Waals surface area (Å²) in [5.74, 6) is 0.872. The summed E-state index contributed by atoms with van der Waals surface area (Å²) in [6.45, 7) is 7.93.